The smallest absolute Gasteiger partial charge is 0.323 e. The van der Waals surface area contributed by atoms with E-state index in [4.69, 9.17) is 9.72 Å². The van der Waals surface area contributed by atoms with Crippen molar-refractivity contribution in [1.29, 1.82) is 0 Å². The predicted octanol–water partition coefficient (Wildman–Crippen LogP) is 6.48. The van der Waals surface area contributed by atoms with Crippen molar-refractivity contribution in [1.82, 2.24) is 14.9 Å². The lowest BCUT2D eigenvalue weighted by Gasteiger charge is -2.26. The van der Waals surface area contributed by atoms with Gasteiger partial charge in [0.15, 0.2) is 0 Å². The summed E-state index contributed by atoms with van der Waals surface area (Å²) in [6.45, 7) is 8.41. The van der Waals surface area contributed by atoms with Gasteiger partial charge in [0.2, 0.25) is 0 Å². The van der Waals surface area contributed by atoms with Crippen molar-refractivity contribution in [3.63, 3.8) is 0 Å². The number of hydrogen-bond donors (Lipinski definition) is 3. The number of aromatic amines is 1. The van der Waals surface area contributed by atoms with E-state index >= 15 is 0 Å². The number of nitrogens with zero attached hydrogens (tertiary/aromatic N) is 2. The lowest BCUT2D eigenvalue weighted by atomic mass is 9.98. The Labute approximate surface area is 221 Å². The number of carbonyl (C=O) groups is 1. The van der Waals surface area contributed by atoms with Crippen LogP contribution in [0.4, 0.5) is 16.2 Å². The highest BCUT2D eigenvalue weighted by Crippen LogP contribution is 2.33. The van der Waals surface area contributed by atoms with Crippen LogP contribution in [0.15, 0.2) is 72.9 Å². The summed E-state index contributed by atoms with van der Waals surface area (Å²) in [5.41, 5.74) is 8.09. The SMILES string of the molecule is Cc1[nH]c2ccc(NC(=O)Nc3ccc(-c4ccc(CN5CCOCC5)nc4)c4ccccc34)cc2c1C. The summed E-state index contributed by atoms with van der Waals surface area (Å²) >= 11 is 0. The van der Waals surface area contributed by atoms with Gasteiger partial charge in [-0.3, -0.25) is 9.88 Å². The molecule has 0 saturated carbocycles. The van der Waals surface area contributed by atoms with Gasteiger partial charge in [-0.05, 0) is 60.7 Å². The highest BCUT2D eigenvalue weighted by Gasteiger charge is 2.14. The molecule has 0 spiro atoms. The summed E-state index contributed by atoms with van der Waals surface area (Å²) in [7, 11) is 0. The summed E-state index contributed by atoms with van der Waals surface area (Å²) in [6, 6.07) is 22.0. The van der Waals surface area contributed by atoms with Gasteiger partial charge in [-0.15, -0.1) is 0 Å². The molecule has 3 heterocycles. The first kappa shape index (κ1) is 24.2. The maximum absolute atomic E-state index is 13.0. The number of carbonyl (C=O) groups excluding carboxylic acids is 1. The summed E-state index contributed by atoms with van der Waals surface area (Å²) in [6.07, 6.45) is 1.94. The molecule has 6 rings (SSSR count). The summed E-state index contributed by atoms with van der Waals surface area (Å²) in [4.78, 5) is 23.4. The number of anilines is 2. The maximum atomic E-state index is 13.0. The molecule has 1 aliphatic rings. The molecule has 0 unspecified atom stereocenters. The number of nitrogens with one attached hydrogen (secondary N) is 3. The number of morpholine rings is 1. The standard InChI is InChI=1S/C31H31N5O2/c1-20-21(2)33-30-11-9-23(17-28(20)30)34-31(37)35-29-12-10-25(26-5-3-4-6-27(26)29)22-7-8-24(32-18-22)19-36-13-15-38-16-14-36/h3-12,17-18,33H,13-16,19H2,1-2H3,(H2,34,35,37). The van der Waals surface area contributed by atoms with Gasteiger partial charge in [0.05, 0.1) is 24.6 Å². The zero-order valence-corrected chi connectivity index (χ0v) is 21.7. The molecule has 192 valence electrons. The number of ether oxygens (including phenoxy) is 1. The average molecular weight is 506 g/mol. The molecule has 38 heavy (non-hydrogen) atoms. The lowest BCUT2D eigenvalue weighted by Crippen LogP contribution is -2.35. The van der Waals surface area contributed by atoms with Gasteiger partial charge >= 0.3 is 6.03 Å². The van der Waals surface area contributed by atoms with Crippen LogP contribution in [0, 0.1) is 13.8 Å². The van der Waals surface area contributed by atoms with Crippen LogP contribution in [0.3, 0.4) is 0 Å². The summed E-state index contributed by atoms with van der Waals surface area (Å²) < 4.78 is 5.45. The molecule has 0 radical (unpaired) electrons. The molecule has 5 aromatic rings. The topological polar surface area (TPSA) is 82.3 Å². The van der Waals surface area contributed by atoms with Crippen molar-refractivity contribution in [3.8, 4) is 11.1 Å². The second kappa shape index (κ2) is 10.3. The second-order valence-electron chi connectivity index (χ2n) is 9.85. The van der Waals surface area contributed by atoms with Crippen LogP contribution in [0.2, 0.25) is 0 Å². The van der Waals surface area contributed by atoms with Crippen LogP contribution in [0.5, 0.6) is 0 Å². The average Bonchev–Trinajstić information content (AvgIpc) is 3.22. The highest BCUT2D eigenvalue weighted by atomic mass is 16.5. The molecule has 0 aliphatic carbocycles. The first-order chi connectivity index (χ1) is 18.5. The fraction of sp³-hybridized carbons (Fsp3) is 0.226. The van der Waals surface area contributed by atoms with Crippen molar-refractivity contribution >= 4 is 39.1 Å². The molecule has 7 heteroatoms. The van der Waals surface area contributed by atoms with Crippen molar-refractivity contribution in [2.75, 3.05) is 36.9 Å². The normalized spacial score (nSPS) is 14.2. The van der Waals surface area contributed by atoms with Gasteiger partial charge in [0.25, 0.3) is 0 Å². The molecule has 1 fully saturated rings. The first-order valence-corrected chi connectivity index (χ1v) is 13.0. The van der Waals surface area contributed by atoms with Crippen LogP contribution in [0.1, 0.15) is 17.0 Å². The van der Waals surface area contributed by atoms with Crippen molar-refractivity contribution in [2.45, 2.75) is 20.4 Å². The largest absolute Gasteiger partial charge is 0.379 e. The van der Waals surface area contributed by atoms with Crippen LogP contribution in [-0.4, -0.2) is 47.2 Å². The Morgan fingerprint density at radius 2 is 1.76 bits per heavy atom. The highest BCUT2D eigenvalue weighted by molar-refractivity contribution is 6.10. The quantitative estimate of drug-likeness (QED) is 0.255. The number of urea groups is 1. The molecular formula is C31H31N5O2. The van der Waals surface area contributed by atoms with Crippen molar-refractivity contribution < 1.29 is 9.53 Å². The Balaban J connectivity index is 1.21. The third kappa shape index (κ3) is 4.86. The Morgan fingerprint density at radius 1 is 0.947 bits per heavy atom. The van der Waals surface area contributed by atoms with E-state index in [2.05, 4.69) is 58.6 Å². The van der Waals surface area contributed by atoms with E-state index in [9.17, 15) is 4.79 Å². The molecular weight excluding hydrogens is 474 g/mol. The number of benzene rings is 3. The fourth-order valence-electron chi connectivity index (χ4n) is 5.15. The molecule has 0 atom stereocenters. The minimum atomic E-state index is -0.277. The molecule has 7 nitrogen and oxygen atoms in total. The van der Waals surface area contributed by atoms with E-state index in [1.54, 1.807) is 0 Å². The van der Waals surface area contributed by atoms with E-state index in [0.29, 0.717) is 0 Å². The fourth-order valence-corrected chi connectivity index (χ4v) is 5.15. The number of fused-ring (bicyclic) bond motifs is 2. The number of hydrogen-bond acceptors (Lipinski definition) is 4. The number of amides is 2. The zero-order chi connectivity index (χ0) is 26.1. The molecule has 3 aromatic carbocycles. The summed E-state index contributed by atoms with van der Waals surface area (Å²) in [5, 5.41) is 9.18. The number of aromatic nitrogens is 2. The Hall–Kier alpha value is -4.20. The Kier molecular flexibility index (Phi) is 6.54. The van der Waals surface area contributed by atoms with Gasteiger partial charge < -0.3 is 20.4 Å². The van der Waals surface area contributed by atoms with Gasteiger partial charge in [0, 0.05) is 59.1 Å². The minimum Gasteiger partial charge on any atom is -0.379 e. The van der Waals surface area contributed by atoms with Crippen molar-refractivity contribution in [2.24, 2.45) is 0 Å². The summed E-state index contributed by atoms with van der Waals surface area (Å²) in [5.74, 6) is 0. The molecule has 1 aliphatic heterocycles. The van der Waals surface area contributed by atoms with E-state index in [1.165, 1.54) is 5.56 Å². The van der Waals surface area contributed by atoms with E-state index < -0.39 is 0 Å². The second-order valence-corrected chi connectivity index (χ2v) is 9.85. The van der Waals surface area contributed by atoms with E-state index in [0.717, 1.165) is 88.4 Å². The zero-order valence-electron chi connectivity index (χ0n) is 21.7. The van der Waals surface area contributed by atoms with E-state index in [1.807, 2.05) is 48.7 Å². The number of aryl methyl sites for hydroxylation is 2. The Morgan fingerprint density at radius 3 is 2.55 bits per heavy atom. The van der Waals surface area contributed by atoms with Crippen LogP contribution >= 0.6 is 0 Å². The van der Waals surface area contributed by atoms with Crippen LogP contribution in [0.25, 0.3) is 32.8 Å². The molecule has 3 N–H and O–H groups in total. The third-order valence-electron chi connectivity index (χ3n) is 7.36. The monoisotopic (exact) mass is 505 g/mol. The number of rotatable bonds is 5. The molecule has 0 bridgehead atoms. The minimum absolute atomic E-state index is 0.277. The van der Waals surface area contributed by atoms with E-state index in [-0.39, 0.29) is 6.03 Å². The number of H-pyrrole nitrogens is 1. The first-order valence-electron chi connectivity index (χ1n) is 13.0. The third-order valence-corrected chi connectivity index (χ3v) is 7.36. The molecule has 1 saturated heterocycles. The van der Waals surface area contributed by atoms with Crippen LogP contribution in [-0.2, 0) is 11.3 Å². The molecule has 2 aromatic heterocycles. The van der Waals surface area contributed by atoms with Gasteiger partial charge in [-0.2, -0.15) is 0 Å². The predicted molar refractivity (Wildman–Crippen MR) is 154 cm³/mol. The van der Waals surface area contributed by atoms with Crippen molar-refractivity contribution in [3.05, 3.63) is 89.9 Å². The lowest BCUT2D eigenvalue weighted by molar-refractivity contribution is 0.0336. The van der Waals surface area contributed by atoms with Crippen LogP contribution < -0.4 is 10.6 Å². The Bertz CT molecular complexity index is 1620. The van der Waals surface area contributed by atoms with Gasteiger partial charge in [-0.1, -0.05) is 36.4 Å². The van der Waals surface area contributed by atoms with Gasteiger partial charge in [0.1, 0.15) is 0 Å². The molecule has 2 amide bonds. The number of pyridine rings is 1. The van der Waals surface area contributed by atoms with Gasteiger partial charge in [-0.25, -0.2) is 4.79 Å². The maximum Gasteiger partial charge on any atom is 0.323 e.